The molecule has 9 heteroatoms. The van der Waals surface area contributed by atoms with Gasteiger partial charge in [-0.2, -0.15) is 0 Å². The van der Waals surface area contributed by atoms with Crippen molar-refractivity contribution in [2.24, 2.45) is 7.05 Å². The lowest BCUT2D eigenvalue weighted by molar-refractivity contribution is 0.306. The number of fused-ring (bicyclic) bond motifs is 1. The maximum Gasteiger partial charge on any atom is 0.250 e. The summed E-state index contributed by atoms with van der Waals surface area (Å²) in [5.74, 6) is 0.842. The van der Waals surface area contributed by atoms with Crippen LogP contribution in [0.4, 0.5) is 5.69 Å². The van der Waals surface area contributed by atoms with Crippen LogP contribution in [0.3, 0.4) is 0 Å². The van der Waals surface area contributed by atoms with E-state index >= 15 is 0 Å². The lowest BCUT2D eigenvalue weighted by Crippen LogP contribution is -2.27. The number of rotatable bonds is 11. The van der Waals surface area contributed by atoms with Gasteiger partial charge in [0, 0.05) is 50.2 Å². The van der Waals surface area contributed by atoms with Crippen molar-refractivity contribution in [1.29, 1.82) is 0 Å². The van der Waals surface area contributed by atoms with Gasteiger partial charge in [-0.15, -0.1) is 37.2 Å². The second-order valence-corrected chi connectivity index (χ2v) is 8.17. The molecule has 0 saturated carbocycles. The summed E-state index contributed by atoms with van der Waals surface area (Å²) >= 11 is 0. The van der Waals surface area contributed by atoms with E-state index in [0.717, 1.165) is 61.1 Å². The molecule has 3 aromatic heterocycles. The molecular formula is C27H33Cl3N4O2. The van der Waals surface area contributed by atoms with E-state index in [9.17, 15) is 4.79 Å². The predicted octanol–water partition coefficient (Wildman–Crippen LogP) is 5.89. The van der Waals surface area contributed by atoms with Crippen molar-refractivity contribution < 1.29 is 4.74 Å². The molecule has 3 heterocycles. The summed E-state index contributed by atoms with van der Waals surface area (Å²) in [5.41, 5.74) is 3.31. The standard InChI is InChI=1S/C27H30N4O2.3ClH/c1-30-26-11-10-25(19-23(26)9-12-27(30)32)33-18-4-2-3-16-31(24-8-6-15-29-21-24)17-13-22-7-5-14-28-20-22;;;/h5-12,14-15,19-21H,2-4,13,16-18H2,1H3;3*1H. The largest absolute Gasteiger partial charge is 0.494 e. The predicted molar refractivity (Wildman–Crippen MR) is 155 cm³/mol. The zero-order chi connectivity index (χ0) is 22.9. The summed E-state index contributed by atoms with van der Waals surface area (Å²) in [7, 11) is 1.79. The van der Waals surface area contributed by atoms with Gasteiger partial charge in [-0.05, 0) is 73.7 Å². The van der Waals surface area contributed by atoms with Crippen molar-refractivity contribution in [3.05, 3.63) is 95.3 Å². The van der Waals surface area contributed by atoms with Crippen LogP contribution in [0.2, 0.25) is 0 Å². The van der Waals surface area contributed by atoms with Gasteiger partial charge in [0.15, 0.2) is 0 Å². The molecule has 0 bridgehead atoms. The Morgan fingerprint density at radius 3 is 2.36 bits per heavy atom. The first-order chi connectivity index (χ1) is 16.2. The summed E-state index contributed by atoms with van der Waals surface area (Å²) < 4.78 is 7.62. The van der Waals surface area contributed by atoms with Crippen molar-refractivity contribution in [3.8, 4) is 5.75 Å². The highest BCUT2D eigenvalue weighted by molar-refractivity contribution is 5.86. The molecule has 0 unspecified atom stereocenters. The van der Waals surface area contributed by atoms with Crippen LogP contribution >= 0.6 is 37.2 Å². The molecular weight excluding hydrogens is 519 g/mol. The van der Waals surface area contributed by atoms with Crippen molar-refractivity contribution >= 4 is 53.8 Å². The average molecular weight is 552 g/mol. The van der Waals surface area contributed by atoms with E-state index in [4.69, 9.17) is 4.74 Å². The minimum atomic E-state index is -0.00284. The molecule has 36 heavy (non-hydrogen) atoms. The van der Waals surface area contributed by atoms with Gasteiger partial charge in [0.2, 0.25) is 0 Å². The Kier molecular flexibility index (Phi) is 13.9. The van der Waals surface area contributed by atoms with Gasteiger partial charge in [-0.25, -0.2) is 0 Å². The zero-order valence-electron chi connectivity index (χ0n) is 20.3. The van der Waals surface area contributed by atoms with Crippen LogP contribution < -0.4 is 15.2 Å². The third-order valence-corrected chi connectivity index (χ3v) is 5.84. The fourth-order valence-electron chi connectivity index (χ4n) is 3.95. The smallest absolute Gasteiger partial charge is 0.250 e. The third-order valence-electron chi connectivity index (χ3n) is 5.84. The van der Waals surface area contributed by atoms with Crippen LogP contribution in [0.15, 0.2) is 84.2 Å². The Balaban J connectivity index is 0.00000216. The van der Waals surface area contributed by atoms with Gasteiger partial charge < -0.3 is 14.2 Å². The minimum Gasteiger partial charge on any atom is -0.494 e. The fourth-order valence-corrected chi connectivity index (χ4v) is 3.95. The summed E-state index contributed by atoms with van der Waals surface area (Å²) in [4.78, 5) is 22.7. The number of anilines is 1. The number of benzene rings is 1. The zero-order valence-corrected chi connectivity index (χ0v) is 22.7. The molecule has 0 N–H and O–H groups in total. The highest BCUT2D eigenvalue weighted by Crippen LogP contribution is 2.20. The summed E-state index contributed by atoms with van der Waals surface area (Å²) in [6, 6.07) is 17.5. The van der Waals surface area contributed by atoms with E-state index in [-0.39, 0.29) is 42.8 Å². The first kappa shape index (κ1) is 31.2. The SMILES string of the molecule is Cl.Cl.Cl.Cn1c(=O)ccc2cc(OCCCCCN(CCc3cccnc3)c3cccnc3)ccc21. The summed E-state index contributed by atoms with van der Waals surface area (Å²) in [6.07, 6.45) is 11.6. The number of aryl methyl sites for hydroxylation is 1. The number of unbranched alkanes of at least 4 members (excludes halogenated alkanes) is 2. The highest BCUT2D eigenvalue weighted by Gasteiger charge is 2.07. The molecule has 4 rings (SSSR count). The van der Waals surface area contributed by atoms with Crippen LogP contribution in [-0.4, -0.2) is 34.2 Å². The monoisotopic (exact) mass is 550 g/mol. The molecule has 4 aromatic rings. The molecule has 194 valence electrons. The van der Waals surface area contributed by atoms with Gasteiger partial charge in [0.1, 0.15) is 5.75 Å². The van der Waals surface area contributed by atoms with Crippen molar-refractivity contribution in [2.75, 3.05) is 24.6 Å². The van der Waals surface area contributed by atoms with E-state index in [1.165, 1.54) is 5.56 Å². The topological polar surface area (TPSA) is 60.2 Å². The Morgan fingerprint density at radius 1 is 0.861 bits per heavy atom. The summed E-state index contributed by atoms with van der Waals surface area (Å²) in [6.45, 7) is 2.60. The molecule has 0 aliphatic carbocycles. The molecule has 0 amide bonds. The maximum absolute atomic E-state index is 11.8. The van der Waals surface area contributed by atoms with Crippen LogP contribution in [0, 0.1) is 0 Å². The fraction of sp³-hybridized carbons (Fsp3) is 0.296. The number of nitrogens with zero attached hydrogens (tertiary/aromatic N) is 4. The maximum atomic E-state index is 11.8. The molecule has 0 aliphatic heterocycles. The summed E-state index contributed by atoms with van der Waals surface area (Å²) in [5, 5.41) is 1.01. The van der Waals surface area contributed by atoms with Crippen molar-refractivity contribution in [1.82, 2.24) is 14.5 Å². The lowest BCUT2D eigenvalue weighted by atomic mass is 10.1. The van der Waals surface area contributed by atoms with Gasteiger partial charge in [-0.3, -0.25) is 14.8 Å². The number of halogens is 3. The molecule has 6 nitrogen and oxygen atoms in total. The molecule has 0 fully saturated rings. The molecule has 0 spiro atoms. The Labute approximate surface area is 231 Å². The molecule has 1 aromatic carbocycles. The second kappa shape index (κ2) is 16.0. The van der Waals surface area contributed by atoms with Gasteiger partial charge in [0.25, 0.3) is 5.56 Å². The third kappa shape index (κ3) is 8.70. The van der Waals surface area contributed by atoms with Gasteiger partial charge >= 0.3 is 0 Å². The highest BCUT2D eigenvalue weighted by atomic mass is 35.5. The Bertz CT molecular complexity index is 1220. The van der Waals surface area contributed by atoms with Crippen molar-refractivity contribution in [3.63, 3.8) is 0 Å². The quantitative estimate of drug-likeness (QED) is 0.218. The number of ether oxygens (including phenoxy) is 1. The van der Waals surface area contributed by atoms with Crippen LogP contribution in [0.5, 0.6) is 5.75 Å². The average Bonchev–Trinajstić information content (AvgIpc) is 2.86. The normalized spacial score (nSPS) is 10.0. The van der Waals surface area contributed by atoms with E-state index in [0.29, 0.717) is 6.61 Å². The Hall–Kier alpha value is -2.80. The van der Waals surface area contributed by atoms with Crippen LogP contribution in [-0.2, 0) is 13.5 Å². The van der Waals surface area contributed by atoms with E-state index < -0.39 is 0 Å². The lowest BCUT2D eigenvalue weighted by Gasteiger charge is -2.24. The minimum absolute atomic E-state index is 0. The number of aromatic nitrogens is 3. The first-order valence-corrected chi connectivity index (χ1v) is 11.5. The second-order valence-electron chi connectivity index (χ2n) is 8.17. The molecule has 0 atom stereocenters. The number of hydrogen-bond acceptors (Lipinski definition) is 5. The van der Waals surface area contributed by atoms with Gasteiger partial charge in [-0.1, -0.05) is 6.07 Å². The number of pyridine rings is 3. The van der Waals surface area contributed by atoms with Gasteiger partial charge in [0.05, 0.1) is 24.0 Å². The first-order valence-electron chi connectivity index (χ1n) is 11.5. The Morgan fingerprint density at radius 2 is 1.64 bits per heavy atom. The van der Waals surface area contributed by atoms with E-state index in [1.54, 1.807) is 17.7 Å². The van der Waals surface area contributed by atoms with Crippen molar-refractivity contribution in [2.45, 2.75) is 25.7 Å². The molecule has 0 aliphatic rings. The van der Waals surface area contributed by atoms with E-state index in [2.05, 4.69) is 27.0 Å². The van der Waals surface area contributed by atoms with E-state index in [1.807, 2.05) is 61.2 Å². The molecule has 0 radical (unpaired) electrons. The van der Waals surface area contributed by atoms with Crippen LogP contribution in [0.1, 0.15) is 24.8 Å². The number of hydrogen-bond donors (Lipinski definition) is 0. The molecule has 0 saturated heterocycles. The van der Waals surface area contributed by atoms with Crippen LogP contribution in [0.25, 0.3) is 10.9 Å².